The van der Waals surface area contributed by atoms with Crippen LogP contribution in [0.5, 0.6) is 5.75 Å². The van der Waals surface area contributed by atoms with Crippen LogP contribution in [0.25, 0.3) is 0 Å². The summed E-state index contributed by atoms with van der Waals surface area (Å²) in [5.41, 5.74) is 1.27. The van der Waals surface area contributed by atoms with E-state index in [0.717, 1.165) is 31.1 Å². The van der Waals surface area contributed by atoms with Gasteiger partial charge in [-0.3, -0.25) is 4.90 Å². The molecule has 0 bridgehead atoms. The molecule has 1 aliphatic rings. The Balaban J connectivity index is 2.14. The molecule has 0 spiro atoms. The lowest BCUT2D eigenvalue weighted by Crippen LogP contribution is -2.19. The highest BCUT2D eigenvalue weighted by atomic mass is 16.5. The molecule has 18 heavy (non-hydrogen) atoms. The van der Waals surface area contributed by atoms with E-state index in [4.69, 9.17) is 9.84 Å². The molecule has 1 saturated heterocycles. The first kappa shape index (κ1) is 12.9. The van der Waals surface area contributed by atoms with Crippen molar-refractivity contribution in [2.75, 3.05) is 20.2 Å². The predicted octanol–water partition coefficient (Wildman–Crippen LogP) is 2.24. The zero-order valence-corrected chi connectivity index (χ0v) is 10.8. The first-order chi connectivity index (χ1) is 8.60. The number of methoxy groups -OCH3 is 1. The summed E-state index contributed by atoms with van der Waals surface area (Å²) in [4.78, 5) is 13.5. The molecule has 1 aliphatic heterocycles. The fraction of sp³-hybridized carbons (Fsp3) is 0.500. The van der Waals surface area contributed by atoms with Crippen LogP contribution in [0, 0.1) is 5.92 Å². The number of rotatable bonds is 4. The number of likely N-dealkylation sites (tertiary alicyclic amines) is 1. The Labute approximate surface area is 107 Å². The van der Waals surface area contributed by atoms with Crippen molar-refractivity contribution in [3.8, 4) is 5.75 Å². The molecule has 2 rings (SSSR count). The lowest BCUT2D eigenvalue weighted by atomic mass is 10.1. The molecule has 0 amide bonds. The SMILES string of the molecule is COc1ccc(CN2CCC(C)C2)cc1C(=O)O. The minimum absolute atomic E-state index is 0.238. The van der Waals surface area contributed by atoms with Crippen LogP contribution in [0.15, 0.2) is 18.2 Å². The van der Waals surface area contributed by atoms with Crippen LogP contribution in [0.4, 0.5) is 0 Å². The Bertz CT molecular complexity index is 445. The Morgan fingerprint density at radius 2 is 2.33 bits per heavy atom. The lowest BCUT2D eigenvalue weighted by Gasteiger charge is -2.16. The van der Waals surface area contributed by atoms with Crippen molar-refractivity contribution in [3.63, 3.8) is 0 Å². The molecular formula is C14H19NO3. The largest absolute Gasteiger partial charge is 0.496 e. The van der Waals surface area contributed by atoms with Crippen LogP contribution in [0.3, 0.4) is 0 Å². The number of benzene rings is 1. The van der Waals surface area contributed by atoms with Gasteiger partial charge in [-0.05, 0) is 36.6 Å². The van der Waals surface area contributed by atoms with Gasteiger partial charge in [0.05, 0.1) is 7.11 Å². The summed E-state index contributed by atoms with van der Waals surface area (Å²) in [5.74, 6) is 0.215. The fourth-order valence-electron chi connectivity index (χ4n) is 2.45. The Morgan fingerprint density at radius 3 is 2.89 bits per heavy atom. The van der Waals surface area contributed by atoms with E-state index in [0.29, 0.717) is 5.75 Å². The van der Waals surface area contributed by atoms with Gasteiger partial charge in [0, 0.05) is 13.1 Å². The van der Waals surface area contributed by atoms with Crippen molar-refractivity contribution < 1.29 is 14.6 Å². The Hall–Kier alpha value is -1.55. The molecule has 0 saturated carbocycles. The number of carbonyl (C=O) groups is 1. The maximum absolute atomic E-state index is 11.1. The lowest BCUT2D eigenvalue weighted by molar-refractivity contribution is 0.0693. The van der Waals surface area contributed by atoms with Crippen LogP contribution < -0.4 is 4.74 Å². The first-order valence-electron chi connectivity index (χ1n) is 6.22. The number of carboxylic acids is 1. The van der Waals surface area contributed by atoms with Gasteiger partial charge in [0.2, 0.25) is 0 Å². The van der Waals surface area contributed by atoms with Gasteiger partial charge in [-0.25, -0.2) is 4.79 Å². The molecule has 4 heteroatoms. The van der Waals surface area contributed by atoms with Gasteiger partial charge in [-0.15, -0.1) is 0 Å². The maximum Gasteiger partial charge on any atom is 0.339 e. The van der Waals surface area contributed by atoms with Crippen molar-refractivity contribution in [2.45, 2.75) is 19.9 Å². The number of hydrogen-bond donors (Lipinski definition) is 1. The second-order valence-electron chi connectivity index (χ2n) is 4.97. The van der Waals surface area contributed by atoms with Gasteiger partial charge in [0.15, 0.2) is 0 Å². The van der Waals surface area contributed by atoms with Crippen LogP contribution >= 0.6 is 0 Å². The molecule has 1 N–H and O–H groups in total. The molecule has 98 valence electrons. The van der Waals surface area contributed by atoms with Gasteiger partial charge in [0.1, 0.15) is 11.3 Å². The maximum atomic E-state index is 11.1. The molecule has 1 unspecified atom stereocenters. The smallest absolute Gasteiger partial charge is 0.339 e. The van der Waals surface area contributed by atoms with Gasteiger partial charge < -0.3 is 9.84 Å². The minimum Gasteiger partial charge on any atom is -0.496 e. The summed E-state index contributed by atoms with van der Waals surface area (Å²) in [6, 6.07) is 5.39. The summed E-state index contributed by atoms with van der Waals surface area (Å²) in [6.07, 6.45) is 1.22. The van der Waals surface area contributed by atoms with Crippen molar-refractivity contribution in [2.24, 2.45) is 5.92 Å². The quantitative estimate of drug-likeness (QED) is 0.889. The molecule has 1 fully saturated rings. The highest BCUT2D eigenvalue weighted by molar-refractivity contribution is 5.91. The van der Waals surface area contributed by atoms with E-state index >= 15 is 0 Å². The fourth-order valence-corrected chi connectivity index (χ4v) is 2.45. The standard InChI is InChI=1S/C14H19NO3/c1-10-5-6-15(8-10)9-11-3-4-13(18-2)12(7-11)14(16)17/h3-4,7,10H,5-6,8-9H2,1-2H3,(H,16,17). The topological polar surface area (TPSA) is 49.8 Å². The normalized spacial score (nSPS) is 20.0. The van der Waals surface area contributed by atoms with Gasteiger partial charge in [-0.2, -0.15) is 0 Å². The average molecular weight is 249 g/mol. The number of ether oxygens (including phenoxy) is 1. The zero-order chi connectivity index (χ0) is 13.1. The molecule has 1 heterocycles. The third kappa shape index (κ3) is 2.82. The Kier molecular flexibility index (Phi) is 3.87. The molecule has 0 aromatic heterocycles. The molecule has 1 atom stereocenters. The summed E-state index contributed by atoms with van der Waals surface area (Å²) in [7, 11) is 1.49. The van der Waals surface area contributed by atoms with Crippen LogP contribution in [-0.2, 0) is 6.54 Å². The van der Waals surface area contributed by atoms with Crippen molar-refractivity contribution in [1.29, 1.82) is 0 Å². The second kappa shape index (κ2) is 5.40. The highest BCUT2D eigenvalue weighted by Crippen LogP contribution is 2.23. The second-order valence-corrected chi connectivity index (χ2v) is 4.97. The van der Waals surface area contributed by atoms with E-state index in [1.54, 1.807) is 12.1 Å². The summed E-state index contributed by atoms with van der Waals surface area (Å²) in [6.45, 7) is 5.25. The third-order valence-corrected chi connectivity index (χ3v) is 3.41. The predicted molar refractivity (Wildman–Crippen MR) is 69.0 cm³/mol. The molecule has 4 nitrogen and oxygen atoms in total. The van der Waals surface area contributed by atoms with Gasteiger partial charge >= 0.3 is 5.97 Å². The zero-order valence-electron chi connectivity index (χ0n) is 10.8. The minimum atomic E-state index is -0.941. The van der Waals surface area contributed by atoms with Crippen LogP contribution in [-0.4, -0.2) is 36.2 Å². The van der Waals surface area contributed by atoms with Crippen molar-refractivity contribution in [1.82, 2.24) is 4.90 Å². The highest BCUT2D eigenvalue weighted by Gasteiger charge is 2.19. The summed E-state index contributed by atoms with van der Waals surface area (Å²) in [5, 5.41) is 9.13. The van der Waals surface area contributed by atoms with E-state index in [1.807, 2.05) is 6.07 Å². The number of aromatic carboxylic acids is 1. The van der Waals surface area contributed by atoms with E-state index in [-0.39, 0.29) is 5.56 Å². The summed E-state index contributed by atoms with van der Waals surface area (Å²) >= 11 is 0. The van der Waals surface area contributed by atoms with Crippen LogP contribution in [0.1, 0.15) is 29.3 Å². The van der Waals surface area contributed by atoms with E-state index in [1.165, 1.54) is 13.5 Å². The molecular weight excluding hydrogens is 230 g/mol. The van der Waals surface area contributed by atoms with E-state index < -0.39 is 5.97 Å². The molecule has 0 radical (unpaired) electrons. The van der Waals surface area contributed by atoms with E-state index in [9.17, 15) is 4.79 Å². The number of carboxylic acid groups (broad SMARTS) is 1. The first-order valence-corrected chi connectivity index (χ1v) is 6.22. The molecule has 1 aromatic carbocycles. The Morgan fingerprint density at radius 1 is 1.56 bits per heavy atom. The molecule has 0 aliphatic carbocycles. The number of nitrogens with zero attached hydrogens (tertiary/aromatic N) is 1. The van der Waals surface area contributed by atoms with Crippen LogP contribution in [0.2, 0.25) is 0 Å². The van der Waals surface area contributed by atoms with Gasteiger partial charge in [-0.1, -0.05) is 13.0 Å². The van der Waals surface area contributed by atoms with Crippen molar-refractivity contribution >= 4 is 5.97 Å². The summed E-state index contributed by atoms with van der Waals surface area (Å²) < 4.78 is 5.05. The van der Waals surface area contributed by atoms with Crippen molar-refractivity contribution in [3.05, 3.63) is 29.3 Å². The third-order valence-electron chi connectivity index (χ3n) is 3.41. The molecule has 1 aromatic rings. The van der Waals surface area contributed by atoms with E-state index in [2.05, 4.69) is 11.8 Å². The average Bonchev–Trinajstić information content (AvgIpc) is 2.74. The number of hydrogen-bond acceptors (Lipinski definition) is 3. The monoisotopic (exact) mass is 249 g/mol. The van der Waals surface area contributed by atoms with Gasteiger partial charge in [0.25, 0.3) is 0 Å².